The largest absolute Gasteiger partial charge is 0.147 e. The van der Waals surface area contributed by atoms with Gasteiger partial charge in [0.15, 0.2) is 0 Å². The van der Waals surface area contributed by atoms with Crippen LogP contribution in [-0.4, -0.2) is 0 Å². The molecule has 0 amide bonds. The van der Waals surface area contributed by atoms with Gasteiger partial charge in [0, 0.05) is 31.8 Å². The van der Waals surface area contributed by atoms with Gasteiger partial charge in [-0.05, 0) is 74.6 Å². The minimum absolute atomic E-state index is 0. The van der Waals surface area contributed by atoms with Crippen molar-refractivity contribution in [3.63, 3.8) is 0 Å². The zero-order valence-corrected chi connectivity index (χ0v) is 33.8. The number of hydrogen-bond acceptors (Lipinski definition) is 0. The molecule has 0 unspecified atom stereocenters. The summed E-state index contributed by atoms with van der Waals surface area (Å²) in [7, 11) is 0. The SMILES string of the molecule is CCCCC1=CCC(C(c2ccccc2)(c2ccccc2)C2c3cc(C(C)(C)C)ccc3-c3ccc(C(C)(C)C)cc32)=C1.Cl.Cl.[Hf]. The standard InChI is InChI=1S/C43H48.2ClH.Hf/c1-8-9-16-30-21-22-35(27-30)43(31-17-12-10-13-18-31,32-19-14-11-15-20-32)40-38-28-33(41(2,3)4)23-25-36(38)37-26-24-34(29-39(37)40)42(5,6)7;;;/h10-15,17-21,23-29,40H,8-9,16,22H2,1-7H3;2*1H;. The van der Waals surface area contributed by atoms with Gasteiger partial charge in [-0.1, -0.05) is 175 Å². The topological polar surface area (TPSA) is 0 Å². The number of unbranched alkanes of at least 4 members (excludes halogenated alkanes) is 1. The minimum atomic E-state index is -0.347. The fourth-order valence-corrected chi connectivity index (χ4v) is 7.53. The van der Waals surface area contributed by atoms with Crippen LogP contribution in [0.15, 0.2) is 120 Å². The first kappa shape index (κ1) is 38.3. The van der Waals surface area contributed by atoms with E-state index in [-0.39, 0.29) is 72.8 Å². The summed E-state index contributed by atoms with van der Waals surface area (Å²) in [6.45, 7) is 16.3. The Morgan fingerprint density at radius 1 is 0.609 bits per heavy atom. The maximum absolute atomic E-state index is 2.58. The molecule has 3 heteroatoms. The van der Waals surface area contributed by atoms with Crippen molar-refractivity contribution in [2.45, 2.75) is 96.3 Å². The minimum Gasteiger partial charge on any atom is -0.147 e. The molecule has 0 N–H and O–H groups in total. The van der Waals surface area contributed by atoms with Crippen LogP contribution in [0.25, 0.3) is 11.1 Å². The van der Waals surface area contributed by atoms with Gasteiger partial charge in [-0.25, -0.2) is 0 Å². The van der Waals surface area contributed by atoms with Crippen LogP contribution in [0.5, 0.6) is 0 Å². The Labute approximate surface area is 309 Å². The van der Waals surface area contributed by atoms with E-state index in [1.54, 1.807) is 0 Å². The molecule has 0 heterocycles. The molecule has 0 nitrogen and oxygen atoms in total. The molecule has 0 spiro atoms. The normalized spacial score (nSPS) is 14.2. The monoisotopic (exact) mass is 816 g/mol. The first-order valence-corrected chi connectivity index (χ1v) is 16.4. The predicted molar refractivity (Wildman–Crippen MR) is 200 cm³/mol. The molecule has 0 saturated heterocycles. The zero-order chi connectivity index (χ0) is 30.4. The van der Waals surface area contributed by atoms with E-state index in [0.717, 1.165) is 12.8 Å². The van der Waals surface area contributed by atoms with Crippen molar-refractivity contribution in [2.24, 2.45) is 0 Å². The fourth-order valence-electron chi connectivity index (χ4n) is 7.53. The maximum atomic E-state index is 2.58. The van der Waals surface area contributed by atoms with E-state index in [9.17, 15) is 0 Å². The van der Waals surface area contributed by atoms with Crippen LogP contribution in [-0.2, 0) is 42.1 Å². The molecule has 4 aromatic carbocycles. The van der Waals surface area contributed by atoms with E-state index in [0.29, 0.717) is 0 Å². The summed E-state index contributed by atoms with van der Waals surface area (Å²) >= 11 is 0. The molecule has 240 valence electrons. The Morgan fingerprint density at radius 3 is 1.48 bits per heavy atom. The zero-order valence-electron chi connectivity index (χ0n) is 28.6. The number of rotatable bonds is 7. The van der Waals surface area contributed by atoms with Gasteiger partial charge in [0.25, 0.3) is 0 Å². The van der Waals surface area contributed by atoms with Crippen molar-refractivity contribution >= 4 is 24.8 Å². The molecular formula is C43H50Cl2Hf. The molecule has 0 aromatic heterocycles. The number of hydrogen-bond donors (Lipinski definition) is 0. The fraction of sp³-hybridized carbons (Fsp3) is 0.349. The van der Waals surface area contributed by atoms with Gasteiger partial charge in [-0.15, -0.1) is 24.8 Å². The second kappa shape index (κ2) is 14.9. The van der Waals surface area contributed by atoms with Gasteiger partial charge in [-0.2, -0.15) is 0 Å². The Kier molecular flexibility index (Phi) is 12.4. The van der Waals surface area contributed by atoms with E-state index < -0.39 is 0 Å². The van der Waals surface area contributed by atoms with E-state index in [1.165, 1.54) is 68.5 Å². The number of allylic oxidation sites excluding steroid dienone is 4. The Balaban J connectivity index is 0.00000192. The molecular weight excluding hydrogens is 766 g/mol. The summed E-state index contributed by atoms with van der Waals surface area (Å²) < 4.78 is 0. The molecule has 0 bridgehead atoms. The molecule has 6 rings (SSSR count). The first-order valence-electron chi connectivity index (χ1n) is 16.4. The summed E-state index contributed by atoms with van der Waals surface area (Å²) in [6.07, 6.45) is 9.69. The summed E-state index contributed by atoms with van der Waals surface area (Å²) in [5, 5.41) is 0. The van der Waals surface area contributed by atoms with Crippen LogP contribution in [0, 0.1) is 0 Å². The van der Waals surface area contributed by atoms with Crippen molar-refractivity contribution in [1.82, 2.24) is 0 Å². The molecule has 0 saturated carbocycles. The average molecular weight is 816 g/mol. The molecule has 0 fully saturated rings. The molecule has 2 aliphatic carbocycles. The van der Waals surface area contributed by atoms with Gasteiger partial charge >= 0.3 is 0 Å². The van der Waals surface area contributed by atoms with E-state index in [1.807, 2.05) is 0 Å². The third-order valence-electron chi connectivity index (χ3n) is 9.91. The van der Waals surface area contributed by atoms with Crippen molar-refractivity contribution < 1.29 is 25.8 Å². The van der Waals surface area contributed by atoms with Crippen molar-refractivity contribution in [3.05, 3.63) is 154 Å². The van der Waals surface area contributed by atoms with Crippen LogP contribution >= 0.6 is 24.8 Å². The van der Waals surface area contributed by atoms with Crippen LogP contribution in [0.2, 0.25) is 0 Å². The predicted octanol–water partition coefficient (Wildman–Crippen LogP) is 12.7. The van der Waals surface area contributed by atoms with Gasteiger partial charge in [0.1, 0.15) is 0 Å². The van der Waals surface area contributed by atoms with Crippen molar-refractivity contribution in [1.29, 1.82) is 0 Å². The second-order valence-electron chi connectivity index (χ2n) is 14.8. The van der Waals surface area contributed by atoms with Gasteiger partial charge in [0.2, 0.25) is 0 Å². The summed E-state index contributed by atoms with van der Waals surface area (Å²) in [5.74, 6) is 0.150. The van der Waals surface area contributed by atoms with Crippen LogP contribution in [0.1, 0.15) is 113 Å². The van der Waals surface area contributed by atoms with Crippen LogP contribution < -0.4 is 0 Å². The van der Waals surface area contributed by atoms with Crippen LogP contribution in [0.4, 0.5) is 0 Å². The molecule has 4 aromatic rings. The molecule has 46 heavy (non-hydrogen) atoms. The Morgan fingerprint density at radius 2 is 1.07 bits per heavy atom. The maximum Gasteiger partial charge on any atom is 0.0526 e. The summed E-state index contributed by atoms with van der Waals surface area (Å²) in [6, 6.07) is 37.5. The Bertz CT molecular complexity index is 1580. The van der Waals surface area contributed by atoms with Gasteiger partial charge < -0.3 is 0 Å². The molecule has 0 radical (unpaired) electrons. The van der Waals surface area contributed by atoms with Crippen molar-refractivity contribution in [3.8, 4) is 11.1 Å². The van der Waals surface area contributed by atoms with Crippen LogP contribution in [0.3, 0.4) is 0 Å². The number of benzene rings is 4. The second-order valence-corrected chi connectivity index (χ2v) is 14.8. The Hall–Kier alpha value is -2.19. The molecule has 0 aliphatic heterocycles. The number of fused-ring (bicyclic) bond motifs is 3. The number of halogens is 2. The van der Waals surface area contributed by atoms with E-state index in [2.05, 4.69) is 158 Å². The smallest absolute Gasteiger partial charge is 0.0526 e. The summed E-state index contributed by atoms with van der Waals surface area (Å²) in [5.41, 5.74) is 14.1. The summed E-state index contributed by atoms with van der Waals surface area (Å²) in [4.78, 5) is 0. The quantitative estimate of drug-likeness (QED) is 0.163. The first-order chi connectivity index (χ1) is 20.5. The van der Waals surface area contributed by atoms with Gasteiger partial charge in [0.05, 0.1) is 5.41 Å². The van der Waals surface area contributed by atoms with E-state index in [4.69, 9.17) is 0 Å². The third-order valence-corrected chi connectivity index (χ3v) is 9.91. The van der Waals surface area contributed by atoms with E-state index >= 15 is 0 Å². The van der Waals surface area contributed by atoms with Crippen molar-refractivity contribution in [2.75, 3.05) is 0 Å². The molecule has 0 atom stereocenters. The molecule has 2 aliphatic rings. The average Bonchev–Trinajstić information content (AvgIpc) is 3.60. The van der Waals surface area contributed by atoms with Gasteiger partial charge in [-0.3, -0.25) is 0 Å². The third kappa shape index (κ3) is 6.85.